The number of aromatic nitrogens is 3. The van der Waals surface area contributed by atoms with Crippen molar-refractivity contribution in [3.63, 3.8) is 0 Å². The molecule has 1 aromatic heterocycles. The van der Waals surface area contributed by atoms with Crippen LogP contribution in [-0.2, 0) is 0 Å². The van der Waals surface area contributed by atoms with Gasteiger partial charge in [0.15, 0.2) is 18.4 Å². The number of carbonyl (C=O) groups is 1. The summed E-state index contributed by atoms with van der Waals surface area (Å²) in [5, 5.41) is 17.7. The highest BCUT2D eigenvalue weighted by molar-refractivity contribution is 6.00. The van der Waals surface area contributed by atoms with Gasteiger partial charge in [0.25, 0.3) is 5.91 Å². The van der Waals surface area contributed by atoms with Crippen LogP contribution in [0.2, 0.25) is 0 Å². The molecule has 0 aliphatic carbocycles. The Kier molecular flexibility index (Phi) is 5.52. The number of para-hydroxylation sites is 1. The normalized spacial score (nSPS) is 22.8. The van der Waals surface area contributed by atoms with Gasteiger partial charge in [-0.05, 0) is 25.5 Å². The van der Waals surface area contributed by atoms with Crippen molar-refractivity contribution in [2.45, 2.75) is 38.1 Å². The molecule has 1 saturated heterocycles. The Balaban J connectivity index is 1.56. The zero-order valence-corrected chi connectivity index (χ0v) is 16.7. The van der Waals surface area contributed by atoms with E-state index in [9.17, 15) is 23.1 Å². The second-order valence-electron chi connectivity index (χ2n) is 7.54. The van der Waals surface area contributed by atoms with E-state index in [0.717, 1.165) is 11.9 Å². The highest BCUT2D eigenvalue weighted by Gasteiger charge is 2.42. The molecule has 1 aromatic carbocycles. The molecule has 2 aliphatic heterocycles. The standard InChI is InChI=1S/C20H21F3N6O2/c1-13-6-7-15(28-11-14(10-26-28)18(30)20(21,22)23)12-27(13)19(31)16-4-2-3-5-17(16)29-24-8-9-25-29/h2-5,8-10,13,18,30H,6-7,11-12H2,1H3/b28-15-/t13-,18+/m1/s1. The Morgan fingerprint density at radius 3 is 2.71 bits per heavy atom. The third-order valence-corrected chi connectivity index (χ3v) is 5.49. The second-order valence-corrected chi connectivity index (χ2v) is 7.54. The monoisotopic (exact) mass is 434 g/mol. The summed E-state index contributed by atoms with van der Waals surface area (Å²) in [5.74, 6) is -0.222. The Labute approximate surface area is 176 Å². The predicted molar refractivity (Wildman–Crippen MR) is 105 cm³/mol. The van der Waals surface area contributed by atoms with E-state index in [-0.39, 0.29) is 30.6 Å². The third-order valence-electron chi connectivity index (χ3n) is 5.49. The van der Waals surface area contributed by atoms with Crippen molar-refractivity contribution in [3.05, 3.63) is 59.4 Å². The first-order valence-corrected chi connectivity index (χ1v) is 9.79. The fraction of sp³-hybridized carbons (Fsp3) is 0.400. The Hall–Kier alpha value is -3.21. The summed E-state index contributed by atoms with van der Waals surface area (Å²) in [7, 11) is 0. The lowest BCUT2D eigenvalue weighted by atomic mass is 9.99. The molecule has 1 N–H and O–H groups in total. The average molecular weight is 434 g/mol. The van der Waals surface area contributed by atoms with E-state index in [1.807, 2.05) is 6.92 Å². The maximum atomic E-state index is 13.4. The largest absolute Gasteiger partial charge is 0.418 e. The van der Waals surface area contributed by atoms with Crippen molar-refractivity contribution in [1.82, 2.24) is 19.9 Å². The number of likely N-dealkylation sites (tertiary alicyclic amines) is 1. The highest BCUT2D eigenvalue weighted by atomic mass is 19.4. The zero-order valence-electron chi connectivity index (χ0n) is 16.7. The van der Waals surface area contributed by atoms with Crippen molar-refractivity contribution in [2.24, 2.45) is 0 Å². The van der Waals surface area contributed by atoms with Gasteiger partial charge in [-0.3, -0.25) is 9.48 Å². The molecule has 0 saturated carbocycles. The quantitative estimate of drug-likeness (QED) is 0.752. The number of rotatable bonds is 3. The van der Waals surface area contributed by atoms with Gasteiger partial charge in [-0.1, -0.05) is 12.1 Å². The van der Waals surface area contributed by atoms with Crippen LogP contribution in [0.25, 0.3) is 11.1 Å². The zero-order chi connectivity index (χ0) is 22.2. The molecule has 31 heavy (non-hydrogen) atoms. The van der Waals surface area contributed by atoms with Gasteiger partial charge in [0.1, 0.15) is 6.54 Å². The van der Waals surface area contributed by atoms with Crippen molar-refractivity contribution < 1.29 is 27.8 Å². The van der Waals surface area contributed by atoms with Crippen LogP contribution in [0.4, 0.5) is 13.2 Å². The maximum absolute atomic E-state index is 13.4. The number of amides is 1. The Bertz CT molecular complexity index is 1030. The molecule has 0 radical (unpaired) electrons. The number of hydrogen-bond acceptors (Lipinski definition) is 4. The number of carbonyl (C=O) groups excluding carboxylic acids is 1. The molecule has 3 heterocycles. The Morgan fingerprint density at radius 2 is 2.00 bits per heavy atom. The molecule has 2 aliphatic rings. The van der Waals surface area contributed by atoms with Crippen LogP contribution in [0.1, 0.15) is 30.1 Å². The second kappa shape index (κ2) is 8.14. The lowest BCUT2D eigenvalue weighted by molar-refractivity contribution is -0.461. The van der Waals surface area contributed by atoms with Gasteiger partial charge in [-0.15, -0.1) is 6.20 Å². The van der Waals surface area contributed by atoms with E-state index in [1.54, 1.807) is 29.2 Å². The van der Waals surface area contributed by atoms with Gasteiger partial charge < -0.3 is 15.4 Å². The van der Waals surface area contributed by atoms with Gasteiger partial charge in [-0.25, -0.2) is 0 Å². The minimum absolute atomic E-state index is 0.0642. The third kappa shape index (κ3) is 4.18. The van der Waals surface area contributed by atoms with Crippen LogP contribution in [-0.4, -0.2) is 72.7 Å². The van der Waals surface area contributed by atoms with E-state index < -0.39 is 12.3 Å². The minimum atomic E-state index is -4.74. The highest BCUT2D eigenvalue weighted by Crippen LogP contribution is 2.29. The fourth-order valence-electron chi connectivity index (χ4n) is 3.73. The average Bonchev–Trinajstić information content (AvgIpc) is 3.45. The van der Waals surface area contributed by atoms with Crippen molar-refractivity contribution in [1.29, 1.82) is 0 Å². The maximum Gasteiger partial charge on any atom is 0.418 e. The molecule has 0 spiro atoms. The topological polar surface area (TPSA) is 88.4 Å². The smallest absolute Gasteiger partial charge is 0.418 e. The summed E-state index contributed by atoms with van der Waals surface area (Å²) in [6.07, 6.45) is -1.96. The number of aliphatic hydroxyl groups excluding tert-OH is 1. The summed E-state index contributed by atoms with van der Waals surface area (Å²) in [6.45, 7) is 2.01. The van der Waals surface area contributed by atoms with E-state index in [0.29, 0.717) is 24.1 Å². The summed E-state index contributed by atoms with van der Waals surface area (Å²) >= 11 is 0. The van der Waals surface area contributed by atoms with Gasteiger partial charge in [0.2, 0.25) is 0 Å². The number of aliphatic hydroxyl groups is 1. The van der Waals surface area contributed by atoms with Crippen LogP contribution in [0.3, 0.4) is 0 Å². The van der Waals surface area contributed by atoms with Gasteiger partial charge in [0.05, 0.1) is 23.6 Å². The lowest BCUT2D eigenvalue weighted by Crippen LogP contribution is -2.48. The van der Waals surface area contributed by atoms with Crippen LogP contribution in [0.15, 0.2) is 48.4 Å². The molecule has 0 unspecified atom stereocenters. The SMILES string of the molecule is C[C@@H]1CC/C(=[N+]2\CC([C@H](O)C(F)(F)F)=C[N-]2)CN1C(=O)c1ccccc1-n1nccn1. The van der Waals surface area contributed by atoms with E-state index >= 15 is 0 Å². The first-order valence-electron chi connectivity index (χ1n) is 9.79. The molecule has 2 aromatic rings. The van der Waals surface area contributed by atoms with Crippen molar-refractivity contribution >= 4 is 11.6 Å². The van der Waals surface area contributed by atoms with Crippen LogP contribution < -0.4 is 0 Å². The van der Waals surface area contributed by atoms with Crippen molar-refractivity contribution in [2.75, 3.05) is 13.1 Å². The molecule has 11 heteroatoms. The molecular formula is C20H21F3N6O2. The van der Waals surface area contributed by atoms with E-state index in [2.05, 4.69) is 15.6 Å². The number of piperidine rings is 1. The summed E-state index contributed by atoms with van der Waals surface area (Å²) < 4.78 is 39.9. The minimum Gasteiger partial charge on any atom is -0.418 e. The van der Waals surface area contributed by atoms with Gasteiger partial charge in [-0.2, -0.15) is 28.2 Å². The molecule has 1 amide bonds. The molecule has 8 nitrogen and oxygen atoms in total. The summed E-state index contributed by atoms with van der Waals surface area (Å²) in [6, 6.07) is 6.92. The number of nitrogens with zero attached hydrogens (tertiary/aromatic N) is 6. The lowest BCUT2D eigenvalue weighted by Gasteiger charge is -2.34. The Morgan fingerprint density at radius 1 is 1.29 bits per heavy atom. The number of alkyl halides is 3. The van der Waals surface area contributed by atoms with Crippen molar-refractivity contribution in [3.8, 4) is 5.69 Å². The molecule has 4 rings (SSSR count). The number of benzene rings is 1. The van der Waals surface area contributed by atoms with Crippen LogP contribution in [0, 0.1) is 0 Å². The van der Waals surface area contributed by atoms with Crippen LogP contribution >= 0.6 is 0 Å². The molecule has 0 bridgehead atoms. The summed E-state index contributed by atoms with van der Waals surface area (Å²) in [5.41, 5.74) is 5.51. The first-order chi connectivity index (χ1) is 14.8. The van der Waals surface area contributed by atoms with E-state index in [4.69, 9.17) is 0 Å². The number of halogens is 3. The van der Waals surface area contributed by atoms with Crippen LogP contribution in [0.5, 0.6) is 0 Å². The van der Waals surface area contributed by atoms with E-state index in [1.165, 1.54) is 21.9 Å². The fourth-order valence-corrected chi connectivity index (χ4v) is 3.73. The van der Waals surface area contributed by atoms with Gasteiger partial charge >= 0.3 is 6.18 Å². The number of hydrogen-bond donors (Lipinski definition) is 1. The molecule has 1 fully saturated rings. The predicted octanol–water partition coefficient (Wildman–Crippen LogP) is 2.45. The first kappa shape index (κ1) is 21.0. The van der Waals surface area contributed by atoms with Gasteiger partial charge in [0, 0.05) is 18.0 Å². The molecular weight excluding hydrogens is 413 g/mol. The summed E-state index contributed by atoms with van der Waals surface area (Å²) in [4.78, 5) is 16.4. The molecule has 164 valence electrons. The molecule has 2 atom stereocenters.